The van der Waals surface area contributed by atoms with Crippen LogP contribution in [0.15, 0.2) is 0 Å². The molecule has 0 aliphatic carbocycles. The van der Waals surface area contributed by atoms with Gasteiger partial charge in [0.1, 0.15) is 18.1 Å². The average Bonchev–Trinajstić information content (AvgIpc) is 2.83. The van der Waals surface area contributed by atoms with Gasteiger partial charge in [0, 0.05) is 0 Å². The number of thioether (sulfide) groups is 1. The first-order valence-corrected chi connectivity index (χ1v) is 13.8. The van der Waals surface area contributed by atoms with Crippen molar-refractivity contribution in [2.45, 2.75) is 89.4 Å². The van der Waals surface area contributed by atoms with Gasteiger partial charge in [-0.05, 0) is 69.5 Å². The number of carboxylic acid groups (broad SMARTS) is 1. The van der Waals surface area contributed by atoms with Crippen molar-refractivity contribution in [3.63, 3.8) is 0 Å². The van der Waals surface area contributed by atoms with Crippen molar-refractivity contribution in [3.8, 4) is 0 Å². The molecule has 0 rings (SSSR count). The van der Waals surface area contributed by atoms with Crippen molar-refractivity contribution in [1.29, 1.82) is 0 Å². The number of hydrogen-bond donors (Lipinski definition) is 7. The fourth-order valence-corrected chi connectivity index (χ4v) is 3.86. The van der Waals surface area contributed by atoms with Crippen LogP contribution in [0.2, 0.25) is 0 Å². The Morgan fingerprint density at radius 2 is 1.40 bits per heavy atom. The van der Waals surface area contributed by atoms with Gasteiger partial charge in [-0.2, -0.15) is 11.8 Å². The van der Waals surface area contributed by atoms with Crippen LogP contribution in [0.25, 0.3) is 0 Å². The van der Waals surface area contributed by atoms with E-state index in [-0.39, 0.29) is 12.3 Å². The summed E-state index contributed by atoms with van der Waals surface area (Å²) in [5.41, 5.74) is 16.9. The summed E-state index contributed by atoms with van der Waals surface area (Å²) in [6.45, 7) is 4.68. The predicted molar refractivity (Wildman–Crippen MR) is 140 cm³/mol. The summed E-state index contributed by atoms with van der Waals surface area (Å²) in [7, 11) is 0. The lowest BCUT2D eigenvalue weighted by molar-refractivity contribution is -0.142. The van der Waals surface area contributed by atoms with E-state index in [1.54, 1.807) is 0 Å². The first kappa shape index (κ1) is 33.1. The van der Waals surface area contributed by atoms with Gasteiger partial charge in [0.15, 0.2) is 0 Å². The zero-order valence-electron chi connectivity index (χ0n) is 21.4. The fourth-order valence-electron chi connectivity index (χ4n) is 3.39. The summed E-state index contributed by atoms with van der Waals surface area (Å²) in [5.74, 6) is -2.27. The minimum absolute atomic E-state index is 0.206. The Kier molecular flexibility index (Phi) is 18.3. The van der Waals surface area contributed by atoms with Gasteiger partial charge in [-0.1, -0.05) is 26.7 Å². The number of carbonyl (C=O) groups excluding carboxylic acids is 3. The highest BCUT2D eigenvalue weighted by Gasteiger charge is 2.32. The molecule has 5 unspecified atom stereocenters. The van der Waals surface area contributed by atoms with Gasteiger partial charge in [-0.15, -0.1) is 0 Å². The Labute approximate surface area is 213 Å². The van der Waals surface area contributed by atoms with E-state index in [0.29, 0.717) is 57.4 Å². The van der Waals surface area contributed by atoms with Crippen molar-refractivity contribution in [2.75, 3.05) is 25.1 Å². The molecule has 0 aromatic carbocycles. The molecule has 204 valence electrons. The maximum Gasteiger partial charge on any atom is 0.326 e. The summed E-state index contributed by atoms with van der Waals surface area (Å²) in [6.07, 6.45) is 6.17. The van der Waals surface area contributed by atoms with Crippen molar-refractivity contribution < 1.29 is 24.3 Å². The summed E-state index contributed by atoms with van der Waals surface area (Å²) in [6, 6.07) is -3.65. The molecule has 35 heavy (non-hydrogen) atoms. The van der Waals surface area contributed by atoms with Crippen molar-refractivity contribution >= 4 is 35.5 Å². The van der Waals surface area contributed by atoms with Crippen LogP contribution in [-0.4, -0.2) is 78.1 Å². The molecule has 0 aromatic rings. The first-order chi connectivity index (χ1) is 16.6. The smallest absolute Gasteiger partial charge is 0.326 e. The van der Waals surface area contributed by atoms with Crippen LogP contribution in [0.5, 0.6) is 0 Å². The summed E-state index contributed by atoms with van der Waals surface area (Å²) in [5, 5.41) is 17.5. The van der Waals surface area contributed by atoms with Gasteiger partial charge in [-0.25, -0.2) is 4.79 Å². The number of unbranched alkanes of at least 4 members (excludes halogenated alkanes) is 2. The van der Waals surface area contributed by atoms with E-state index in [1.165, 1.54) is 11.8 Å². The van der Waals surface area contributed by atoms with Gasteiger partial charge in [0.2, 0.25) is 17.7 Å². The van der Waals surface area contributed by atoms with E-state index >= 15 is 0 Å². The SMILES string of the molecule is CCC(C)C(NC(=O)C(N)CCCCN)C(=O)NC(CCSC)C(=O)NC(CCCCN)C(=O)O. The molecule has 0 heterocycles. The van der Waals surface area contributed by atoms with E-state index < -0.39 is 47.9 Å². The maximum absolute atomic E-state index is 13.2. The maximum atomic E-state index is 13.2. The van der Waals surface area contributed by atoms with Crippen LogP contribution >= 0.6 is 11.8 Å². The van der Waals surface area contributed by atoms with Gasteiger partial charge in [0.25, 0.3) is 0 Å². The molecule has 0 spiro atoms. The molecule has 3 amide bonds. The molecular formula is C23H46N6O5S. The molecule has 0 aromatic heterocycles. The molecule has 0 bridgehead atoms. The Bertz CT molecular complexity index is 654. The number of carboxylic acids is 1. The first-order valence-electron chi connectivity index (χ1n) is 12.4. The van der Waals surface area contributed by atoms with Gasteiger partial charge in [0.05, 0.1) is 6.04 Å². The topological polar surface area (TPSA) is 203 Å². The van der Waals surface area contributed by atoms with E-state index in [2.05, 4.69) is 16.0 Å². The third kappa shape index (κ3) is 13.7. The van der Waals surface area contributed by atoms with Gasteiger partial charge >= 0.3 is 5.97 Å². The standard InChI is InChI=1S/C23H46N6O5S/c1-4-15(2)19(29-20(30)16(26)9-5-7-12-24)22(32)27-17(11-14-35-3)21(31)28-18(23(33)34)10-6-8-13-25/h15-19H,4-14,24-26H2,1-3H3,(H,27,32)(H,28,31)(H,29,30)(H,33,34). The highest BCUT2D eigenvalue weighted by atomic mass is 32.2. The summed E-state index contributed by atoms with van der Waals surface area (Å²) in [4.78, 5) is 50.3. The molecule has 0 radical (unpaired) electrons. The second-order valence-electron chi connectivity index (χ2n) is 8.79. The molecular weight excluding hydrogens is 472 g/mol. The number of amides is 3. The van der Waals surface area contributed by atoms with Gasteiger partial charge in [-0.3, -0.25) is 14.4 Å². The van der Waals surface area contributed by atoms with E-state index in [1.807, 2.05) is 20.1 Å². The number of hydrogen-bond acceptors (Lipinski definition) is 8. The second-order valence-corrected chi connectivity index (χ2v) is 9.77. The lowest BCUT2D eigenvalue weighted by Gasteiger charge is -2.28. The summed E-state index contributed by atoms with van der Waals surface area (Å²) >= 11 is 1.50. The third-order valence-corrected chi connectivity index (χ3v) is 6.55. The molecule has 0 fully saturated rings. The van der Waals surface area contributed by atoms with Crippen LogP contribution in [0.3, 0.4) is 0 Å². The molecule has 5 atom stereocenters. The largest absolute Gasteiger partial charge is 0.480 e. The molecule has 11 nitrogen and oxygen atoms in total. The van der Waals surface area contributed by atoms with E-state index in [9.17, 15) is 24.3 Å². The minimum Gasteiger partial charge on any atom is -0.480 e. The van der Waals surface area contributed by atoms with Crippen molar-refractivity contribution in [3.05, 3.63) is 0 Å². The molecule has 0 saturated carbocycles. The van der Waals surface area contributed by atoms with E-state index in [4.69, 9.17) is 17.2 Å². The lowest BCUT2D eigenvalue weighted by Crippen LogP contribution is -2.58. The Morgan fingerprint density at radius 3 is 1.91 bits per heavy atom. The quantitative estimate of drug-likeness (QED) is 0.107. The van der Waals surface area contributed by atoms with Crippen molar-refractivity contribution in [1.82, 2.24) is 16.0 Å². The van der Waals surface area contributed by atoms with Crippen molar-refractivity contribution in [2.24, 2.45) is 23.1 Å². The molecule has 0 aliphatic rings. The van der Waals surface area contributed by atoms with Crippen LogP contribution in [0.1, 0.15) is 65.2 Å². The number of rotatable bonds is 20. The number of aliphatic carboxylic acids is 1. The molecule has 12 heteroatoms. The molecule has 0 aliphatic heterocycles. The fraction of sp³-hybridized carbons (Fsp3) is 0.826. The minimum atomic E-state index is -1.14. The average molecular weight is 519 g/mol. The van der Waals surface area contributed by atoms with Crippen LogP contribution < -0.4 is 33.2 Å². The monoisotopic (exact) mass is 518 g/mol. The van der Waals surface area contributed by atoms with Crippen LogP contribution in [0, 0.1) is 5.92 Å². The van der Waals surface area contributed by atoms with Crippen LogP contribution in [0.4, 0.5) is 0 Å². The predicted octanol–water partition coefficient (Wildman–Crippen LogP) is -0.0901. The number of nitrogens with two attached hydrogens (primary N) is 3. The van der Waals surface area contributed by atoms with E-state index in [0.717, 1.165) is 6.42 Å². The Hall–Kier alpha value is -1.89. The number of carbonyl (C=O) groups is 4. The second kappa shape index (κ2) is 19.3. The molecule has 0 saturated heterocycles. The normalized spacial score (nSPS) is 15.4. The highest BCUT2D eigenvalue weighted by molar-refractivity contribution is 7.98. The highest BCUT2D eigenvalue weighted by Crippen LogP contribution is 2.11. The molecule has 10 N–H and O–H groups in total. The van der Waals surface area contributed by atoms with Crippen LogP contribution in [-0.2, 0) is 19.2 Å². The Balaban J connectivity index is 5.39. The zero-order chi connectivity index (χ0) is 26.8. The number of nitrogens with one attached hydrogen (secondary N) is 3. The summed E-state index contributed by atoms with van der Waals surface area (Å²) < 4.78 is 0. The third-order valence-electron chi connectivity index (χ3n) is 5.90. The lowest BCUT2D eigenvalue weighted by atomic mass is 9.97. The Morgan fingerprint density at radius 1 is 0.829 bits per heavy atom. The zero-order valence-corrected chi connectivity index (χ0v) is 22.2. The van der Waals surface area contributed by atoms with Gasteiger partial charge < -0.3 is 38.3 Å².